The number of anilines is 2. The van der Waals surface area contributed by atoms with Crippen molar-refractivity contribution in [2.75, 3.05) is 23.3 Å². The average Bonchev–Trinajstić information content (AvgIpc) is 3.03. The minimum atomic E-state index is -0.409. The molecule has 4 rings (SSSR count). The van der Waals surface area contributed by atoms with Crippen LogP contribution in [0.3, 0.4) is 0 Å². The Hall–Kier alpha value is -2.54. The van der Waals surface area contributed by atoms with Crippen LogP contribution in [0.25, 0.3) is 0 Å². The van der Waals surface area contributed by atoms with Crippen molar-refractivity contribution >= 4 is 35.1 Å². The number of carbonyl (C=O) groups excluding carboxylic acids is 2. The van der Waals surface area contributed by atoms with Crippen LogP contribution in [0.4, 0.5) is 11.5 Å². The molecule has 1 atom stereocenters. The summed E-state index contributed by atoms with van der Waals surface area (Å²) >= 11 is 1.44. The summed E-state index contributed by atoms with van der Waals surface area (Å²) in [5, 5.41) is 5.38. The highest BCUT2D eigenvalue weighted by molar-refractivity contribution is 8.01. The quantitative estimate of drug-likeness (QED) is 0.788. The van der Waals surface area contributed by atoms with E-state index in [0.717, 1.165) is 35.1 Å². The predicted molar refractivity (Wildman–Crippen MR) is 116 cm³/mol. The van der Waals surface area contributed by atoms with E-state index in [-0.39, 0.29) is 18.2 Å². The summed E-state index contributed by atoms with van der Waals surface area (Å²) in [4.78, 5) is 32.5. The number of hydrogen-bond acceptors (Lipinski definition) is 5. The van der Waals surface area contributed by atoms with Crippen LogP contribution in [-0.2, 0) is 16.1 Å². The minimum absolute atomic E-state index is 0.118. The standard InChI is InChI=1S/C22H26N4O2S/c27-21(13-19-22(28)25-17-7-3-4-8-18(17)29-19)24-15-16-9-10-20(23-14-16)26-11-5-1-2-6-12-26/h3-4,7-10,14,19H,1-2,5-6,11-13,15H2,(H,24,27)(H,25,28). The number of aromatic nitrogens is 1. The van der Waals surface area contributed by atoms with Crippen molar-refractivity contribution in [2.45, 2.75) is 48.8 Å². The molecule has 0 spiro atoms. The number of nitrogens with one attached hydrogen (secondary N) is 2. The maximum atomic E-state index is 12.4. The lowest BCUT2D eigenvalue weighted by Gasteiger charge is -2.23. The van der Waals surface area contributed by atoms with Gasteiger partial charge in [0.2, 0.25) is 11.8 Å². The number of pyridine rings is 1. The van der Waals surface area contributed by atoms with Crippen LogP contribution in [0.1, 0.15) is 37.7 Å². The molecular weight excluding hydrogens is 384 g/mol. The second kappa shape index (κ2) is 9.31. The number of fused-ring (bicyclic) bond motifs is 1. The van der Waals surface area contributed by atoms with Gasteiger partial charge in [-0.05, 0) is 36.6 Å². The molecule has 2 aliphatic heterocycles. The summed E-state index contributed by atoms with van der Waals surface area (Å²) in [5.74, 6) is 0.761. The molecule has 1 fully saturated rings. The summed E-state index contributed by atoms with van der Waals surface area (Å²) in [6.07, 6.45) is 7.02. The molecule has 152 valence electrons. The monoisotopic (exact) mass is 410 g/mol. The Kier molecular flexibility index (Phi) is 6.34. The fourth-order valence-electron chi connectivity index (χ4n) is 3.68. The van der Waals surface area contributed by atoms with E-state index in [9.17, 15) is 9.59 Å². The number of nitrogens with zero attached hydrogens (tertiary/aromatic N) is 2. The summed E-state index contributed by atoms with van der Waals surface area (Å²) in [6.45, 7) is 2.54. The molecule has 1 aromatic carbocycles. The van der Waals surface area contributed by atoms with Gasteiger partial charge in [-0.15, -0.1) is 11.8 Å². The Labute approximate surface area is 175 Å². The number of benzene rings is 1. The van der Waals surface area contributed by atoms with E-state index < -0.39 is 5.25 Å². The fourth-order valence-corrected chi connectivity index (χ4v) is 4.79. The Balaban J connectivity index is 1.28. The molecule has 0 bridgehead atoms. The van der Waals surface area contributed by atoms with Crippen LogP contribution in [0.5, 0.6) is 0 Å². The highest BCUT2D eigenvalue weighted by atomic mass is 32.2. The third-order valence-electron chi connectivity index (χ3n) is 5.31. The van der Waals surface area contributed by atoms with E-state index in [2.05, 4.69) is 20.5 Å². The number of carbonyl (C=O) groups is 2. The number of hydrogen-bond donors (Lipinski definition) is 2. The molecule has 1 unspecified atom stereocenters. The number of rotatable bonds is 5. The Morgan fingerprint density at radius 1 is 1.14 bits per heavy atom. The summed E-state index contributed by atoms with van der Waals surface area (Å²) in [7, 11) is 0. The van der Waals surface area contributed by atoms with Gasteiger partial charge in [0.05, 0.1) is 10.9 Å². The van der Waals surface area contributed by atoms with Gasteiger partial charge >= 0.3 is 0 Å². The SMILES string of the molecule is O=C(CC1Sc2ccccc2NC1=O)NCc1ccc(N2CCCCCC2)nc1. The Bertz CT molecular complexity index is 863. The summed E-state index contributed by atoms with van der Waals surface area (Å²) < 4.78 is 0. The van der Waals surface area contributed by atoms with Crippen LogP contribution in [0, 0.1) is 0 Å². The van der Waals surface area contributed by atoms with E-state index in [0.29, 0.717) is 6.54 Å². The van der Waals surface area contributed by atoms with Crippen LogP contribution >= 0.6 is 11.8 Å². The molecule has 2 aromatic rings. The molecule has 2 N–H and O–H groups in total. The van der Waals surface area contributed by atoms with Gasteiger partial charge in [0, 0.05) is 37.1 Å². The lowest BCUT2D eigenvalue weighted by molar-refractivity contribution is -0.124. The maximum Gasteiger partial charge on any atom is 0.238 e. The van der Waals surface area contributed by atoms with E-state index in [1.807, 2.05) is 42.6 Å². The fraction of sp³-hybridized carbons (Fsp3) is 0.409. The van der Waals surface area contributed by atoms with Gasteiger partial charge in [-0.3, -0.25) is 9.59 Å². The predicted octanol–water partition coefficient (Wildman–Crippen LogP) is 3.58. The van der Waals surface area contributed by atoms with Crippen molar-refractivity contribution in [2.24, 2.45) is 0 Å². The molecule has 3 heterocycles. The first-order valence-corrected chi connectivity index (χ1v) is 11.1. The number of thioether (sulfide) groups is 1. The minimum Gasteiger partial charge on any atom is -0.357 e. The molecule has 0 aliphatic carbocycles. The van der Waals surface area contributed by atoms with Gasteiger partial charge in [-0.25, -0.2) is 4.98 Å². The first-order chi connectivity index (χ1) is 14.2. The third-order valence-corrected chi connectivity index (χ3v) is 6.58. The van der Waals surface area contributed by atoms with Crippen molar-refractivity contribution in [3.63, 3.8) is 0 Å². The van der Waals surface area contributed by atoms with Gasteiger partial charge in [0.15, 0.2) is 0 Å². The van der Waals surface area contributed by atoms with Gasteiger partial charge in [0.25, 0.3) is 0 Å². The van der Waals surface area contributed by atoms with Crippen LogP contribution in [-0.4, -0.2) is 35.1 Å². The van der Waals surface area contributed by atoms with E-state index in [1.165, 1.54) is 37.4 Å². The maximum absolute atomic E-state index is 12.4. The Morgan fingerprint density at radius 3 is 2.69 bits per heavy atom. The van der Waals surface area contributed by atoms with Gasteiger partial charge in [-0.2, -0.15) is 0 Å². The third kappa shape index (κ3) is 5.09. The molecule has 0 saturated carbocycles. The zero-order valence-corrected chi connectivity index (χ0v) is 17.2. The average molecular weight is 411 g/mol. The molecule has 29 heavy (non-hydrogen) atoms. The highest BCUT2D eigenvalue weighted by Crippen LogP contribution is 2.36. The highest BCUT2D eigenvalue weighted by Gasteiger charge is 2.28. The van der Waals surface area contributed by atoms with E-state index in [4.69, 9.17) is 0 Å². The molecule has 1 saturated heterocycles. The second-order valence-corrected chi connectivity index (χ2v) is 8.74. The smallest absolute Gasteiger partial charge is 0.238 e. The van der Waals surface area contributed by atoms with Crippen LogP contribution in [0.15, 0.2) is 47.5 Å². The van der Waals surface area contributed by atoms with Gasteiger partial charge in [0.1, 0.15) is 5.82 Å². The lowest BCUT2D eigenvalue weighted by atomic mass is 10.2. The molecule has 7 heteroatoms. The van der Waals surface area contributed by atoms with Crippen molar-refractivity contribution in [3.05, 3.63) is 48.2 Å². The van der Waals surface area contributed by atoms with E-state index in [1.54, 1.807) is 0 Å². The van der Waals surface area contributed by atoms with Crippen LogP contribution < -0.4 is 15.5 Å². The first kappa shape index (κ1) is 19.8. The number of para-hydroxylation sites is 1. The van der Waals surface area contributed by atoms with Crippen molar-refractivity contribution in [1.82, 2.24) is 10.3 Å². The molecular formula is C22H26N4O2S. The van der Waals surface area contributed by atoms with Gasteiger partial charge in [-0.1, -0.05) is 31.0 Å². The van der Waals surface area contributed by atoms with Gasteiger partial charge < -0.3 is 15.5 Å². The zero-order valence-electron chi connectivity index (χ0n) is 16.4. The normalized spacial score (nSPS) is 19.1. The molecule has 2 amide bonds. The Morgan fingerprint density at radius 2 is 1.93 bits per heavy atom. The lowest BCUT2D eigenvalue weighted by Crippen LogP contribution is -2.34. The molecule has 1 aromatic heterocycles. The molecule has 2 aliphatic rings. The summed E-state index contributed by atoms with van der Waals surface area (Å²) in [5.41, 5.74) is 1.78. The second-order valence-electron chi connectivity index (χ2n) is 7.50. The number of amides is 2. The molecule has 6 nitrogen and oxygen atoms in total. The first-order valence-electron chi connectivity index (χ1n) is 10.2. The largest absolute Gasteiger partial charge is 0.357 e. The van der Waals surface area contributed by atoms with Crippen molar-refractivity contribution in [3.8, 4) is 0 Å². The van der Waals surface area contributed by atoms with E-state index >= 15 is 0 Å². The zero-order chi connectivity index (χ0) is 20.1. The topological polar surface area (TPSA) is 74.3 Å². The molecule has 0 radical (unpaired) electrons. The summed E-state index contributed by atoms with van der Waals surface area (Å²) in [6, 6.07) is 11.7. The van der Waals surface area contributed by atoms with Crippen molar-refractivity contribution in [1.29, 1.82) is 0 Å². The van der Waals surface area contributed by atoms with Crippen LogP contribution in [0.2, 0.25) is 0 Å². The van der Waals surface area contributed by atoms with Crippen molar-refractivity contribution < 1.29 is 9.59 Å².